The molecule has 1 unspecified atom stereocenters. The number of aryl methyl sites for hydroxylation is 3. The van der Waals surface area contributed by atoms with Gasteiger partial charge in [-0.1, -0.05) is 19.1 Å². The molecule has 4 heteroatoms. The van der Waals surface area contributed by atoms with Crippen LogP contribution >= 0.6 is 0 Å². The molecular weight excluding hydrogens is 264 g/mol. The van der Waals surface area contributed by atoms with Crippen LogP contribution in [0.2, 0.25) is 0 Å². The van der Waals surface area contributed by atoms with E-state index in [2.05, 4.69) is 24.2 Å². The summed E-state index contributed by atoms with van der Waals surface area (Å²) in [5.41, 5.74) is 4.51. The van der Waals surface area contributed by atoms with E-state index in [0.717, 1.165) is 49.3 Å². The van der Waals surface area contributed by atoms with Crippen LogP contribution < -0.4 is 4.74 Å². The monoisotopic (exact) mass is 286 g/mol. The van der Waals surface area contributed by atoms with Crippen LogP contribution in [0.25, 0.3) is 0 Å². The maximum absolute atomic E-state index is 10.4. The number of aromatic nitrogens is 2. The minimum Gasteiger partial charge on any atom is -0.493 e. The number of benzene rings is 1. The Hall–Kier alpha value is -1.81. The van der Waals surface area contributed by atoms with E-state index in [0.29, 0.717) is 0 Å². The average molecular weight is 286 g/mol. The maximum atomic E-state index is 10.4. The van der Waals surface area contributed by atoms with Crippen molar-refractivity contribution in [1.29, 1.82) is 0 Å². The molecule has 0 saturated heterocycles. The van der Waals surface area contributed by atoms with Crippen molar-refractivity contribution in [3.63, 3.8) is 0 Å². The van der Waals surface area contributed by atoms with Gasteiger partial charge in [-0.25, -0.2) is 0 Å². The van der Waals surface area contributed by atoms with Crippen LogP contribution in [-0.2, 0) is 26.3 Å². The molecule has 1 aliphatic rings. The first-order valence-electron chi connectivity index (χ1n) is 7.62. The molecule has 21 heavy (non-hydrogen) atoms. The van der Waals surface area contributed by atoms with Crippen LogP contribution in [-0.4, -0.2) is 21.5 Å². The lowest BCUT2D eigenvalue weighted by Gasteiger charge is -2.11. The number of aliphatic hydroxyl groups excluding tert-OH is 1. The third-order valence-corrected chi connectivity index (χ3v) is 4.09. The van der Waals surface area contributed by atoms with Gasteiger partial charge in [0.05, 0.1) is 18.4 Å². The lowest BCUT2D eigenvalue weighted by molar-refractivity contribution is 0.167. The standard InChI is InChI=1S/C17H22N2O2/c1-3-15-14(11-19(2)18-15)16(20)6-4-12-5-7-17-13(10-12)8-9-21-17/h5,7,10-11,16,20H,3-4,6,8-9H2,1-2H3. The van der Waals surface area contributed by atoms with Crippen molar-refractivity contribution in [2.75, 3.05) is 6.61 Å². The quantitative estimate of drug-likeness (QED) is 0.919. The second-order valence-electron chi connectivity index (χ2n) is 5.65. The first-order valence-corrected chi connectivity index (χ1v) is 7.62. The summed E-state index contributed by atoms with van der Waals surface area (Å²) in [5.74, 6) is 1.01. The molecule has 1 aliphatic heterocycles. The fourth-order valence-electron chi connectivity index (χ4n) is 2.96. The second kappa shape index (κ2) is 5.90. The topological polar surface area (TPSA) is 47.3 Å². The lowest BCUT2D eigenvalue weighted by Crippen LogP contribution is -2.02. The number of aliphatic hydroxyl groups is 1. The van der Waals surface area contributed by atoms with E-state index in [1.165, 1.54) is 11.1 Å². The Labute approximate surface area is 125 Å². The van der Waals surface area contributed by atoms with Gasteiger partial charge in [0.25, 0.3) is 0 Å². The molecule has 0 aliphatic carbocycles. The van der Waals surface area contributed by atoms with Crippen molar-refractivity contribution >= 4 is 0 Å². The number of fused-ring (bicyclic) bond motifs is 1. The molecular formula is C17H22N2O2. The third kappa shape index (κ3) is 2.95. The van der Waals surface area contributed by atoms with E-state index in [-0.39, 0.29) is 0 Å². The Balaban J connectivity index is 1.66. The molecule has 0 radical (unpaired) electrons. The van der Waals surface area contributed by atoms with Gasteiger partial charge in [-0.3, -0.25) is 4.68 Å². The van der Waals surface area contributed by atoms with Crippen molar-refractivity contribution in [3.05, 3.63) is 46.8 Å². The fraction of sp³-hybridized carbons (Fsp3) is 0.471. The smallest absolute Gasteiger partial charge is 0.122 e. The summed E-state index contributed by atoms with van der Waals surface area (Å²) < 4.78 is 7.30. The summed E-state index contributed by atoms with van der Waals surface area (Å²) in [4.78, 5) is 0. The molecule has 3 rings (SSSR count). The molecule has 1 aromatic carbocycles. The molecule has 0 amide bonds. The number of rotatable bonds is 5. The minimum atomic E-state index is -0.446. The van der Waals surface area contributed by atoms with Crippen LogP contribution in [0.15, 0.2) is 24.4 Å². The van der Waals surface area contributed by atoms with Crippen molar-refractivity contribution < 1.29 is 9.84 Å². The Bertz CT molecular complexity index is 634. The molecule has 2 aromatic rings. The Kier molecular flexibility index (Phi) is 3.97. The predicted molar refractivity (Wildman–Crippen MR) is 81.5 cm³/mol. The molecule has 0 spiro atoms. The largest absolute Gasteiger partial charge is 0.493 e. The van der Waals surface area contributed by atoms with Crippen LogP contribution in [0.5, 0.6) is 5.75 Å². The summed E-state index contributed by atoms with van der Waals surface area (Å²) in [5, 5.41) is 14.8. The molecule has 0 fully saturated rings. The van der Waals surface area contributed by atoms with E-state index >= 15 is 0 Å². The van der Waals surface area contributed by atoms with Crippen molar-refractivity contribution in [2.45, 2.75) is 38.7 Å². The van der Waals surface area contributed by atoms with Gasteiger partial charge < -0.3 is 9.84 Å². The highest BCUT2D eigenvalue weighted by Gasteiger charge is 2.16. The highest BCUT2D eigenvalue weighted by Crippen LogP contribution is 2.28. The van der Waals surface area contributed by atoms with Gasteiger partial charge >= 0.3 is 0 Å². The van der Waals surface area contributed by atoms with Gasteiger partial charge in [-0.05, 0) is 36.5 Å². The van der Waals surface area contributed by atoms with E-state index in [9.17, 15) is 5.11 Å². The number of hydrogen-bond donors (Lipinski definition) is 1. The minimum absolute atomic E-state index is 0.446. The molecule has 2 heterocycles. The summed E-state index contributed by atoms with van der Waals surface area (Å²) in [6.07, 6.45) is 4.92. The van der Waals surface area contributed by atoms with Crippen molar-refractivity contribution in [2.24, 2.45) is 7.05 Å². The highest BCUT2D eigenvalue weighted by atomic mass is 16.5. The average Bonchev–Trinajstić information content (AvgIpc) is 3.09. The molecule has 1 N–H and O–H groups in total. The van der Waals surface area contributed by atoms with Gasteiger partial charge in [0, 0.05) is 25.2 Å². The van der Waals surface area contributed by atoms with Gasteiger partial charge in [-0.2, -0.15) is 5.10 Å². The Morgan fingerprint density at radius 1 is 1.43 bits per heavy atom. The number of nitrogens with zero attached hydrogens (tertiary/aromatic N) is 2. The maximum Gasteiger partial charge on any atom is 0.122 e. The normalized spacial score (nSPS) is 14.8. The van der Waals surface area contributed by atoms with E-state index < -0.39 is 6.10 Å². The SMILES string of the molecule is CCc1nn(C)cc1C(O)CCc1ccc2c(c1)CCO2. The van der Waals surface area contributed by atoms with Gasteiger partial charge in [0.2, 0.25) is 0 Å². The second-order valence-corrected chi connectivity index (χ2v) is 5.65. The molecule has 1 aromatic heterocycles. The van der Waals surface area contributed by atoms with Gasteiger partial charge in [0.1, 0.15) is 5.75 Å². The van der Waals surface area contributed by atoms with E-state index in [1.807, 2.05) is 19.3 Å². The molecule has 0 saturated carbocycles. The predicted octanol–water partition coefficient (Wildman–Crippen LogP) is 2.58. The number of ether oxygens (including phenoxy) is 1. The first kappa shape index (κ1) is 14.1. The summed E-state index contributed by atoms with van der Waals surface area (Å²) in [6.45, 7) is 2.86. The Morgan fingerprint density at radius 3 is 3.10 bits per heavy atom. The van der Waals surface area contributed by atoms with Crippen LogP contribution in [0, 0.1) is 0 Å². The van der Waals surface area contributed by atoms with Crippen molar-refractivity contribution in [3.8, 4) is 5.75 Å². The molecule has 0 bridgehead atoms. The fourth-order valence-corrected chi connectivity index (χ4v) is 2.96. The van der Waals surface area contributed by atoms with Crippen LogP contribution in [0.1, 0.15) is 41.8 Å². The summed E-state index contributed by atoms with van der Waals surface area (Å²) >= 11 is 0. The van der Waals surface area contributed by atoms with Crippen LogP contribution in [0.3, 0.4) is 0 Å². The van der Waals surface area contributed by atoms with Crippen molar-refractivity contribution in [1.82, 2.24) is 9.78 Å². The van der Waals surface area contributed by atoms with E-state index in [1.54, 1.807) is 4.68 Å². The lowest BCUT2D eigenvalue weighted by atomic mass is 9.99. The van der Waals surface area contributed by atoms with Gasteiger partial charge in [0.15, 0.2) is 0 Å². The summed E-state index contributed by atoms with van der Waals surface area (Å²) in [6, 6.07) is 6.35. The number of hydrogen-bond acceptors (Lipinski definition) is 3. The summed E-state index contributed by atoms with van der Waals surface area (Å²) in [7, 11) is 1.90. The zero-order valence-corrected chi connectivity index (χ0v) is 12.7. The first-order chi connectivity index (χ1) is 10.2. The Morgan fingerprint density at radius 2 is 2.29 bits per heavy atom. The van der Waals surface area contributed by atoms with Gasteiger partial charge in [-0.15, -0.1) is 0 Å². The highest BCUT2D eigenvalue weighted by molar-refractivity contribution is 5.39. The molecule has 1 atom stereocenters. The molecule has 4 nitrogen and oxygen atoms in total. The third-order valence-electron chi connectivity index (χ3n) is 4.09. The van der Waals surface area contributed by atoms with E-state index in [4.69, 9.17) is 4.74 Å². The zero-order chi connectivity index (χ0) is 14.8. The zero-order valence-electron chi connectivity index (χ0n) is 12.7. The molecule has 112 valence electrons. The van der Waals surface area contributed by atoms with Crippen LogP contribution in [0.4, 0.5) is 0 Å².